The second-order valence-corrected chi connectivity index (χ2v) is 4.72. The van der Waals surface area contributed by atoms with Gasteiger partial charge in [0.2, 0.25) is 11.8 Å². The first-order valence-electron chi connectivity index (χ1n) is 6.70. The Kier molecular flexibility index (Phi) is 4.71. The van der Waals surface area contributed by atoms with Crippen LogP contribution in [0.1, 0.15) is 19.8 Å². The number of amides is 2. The lowest BCUT2D eigenvalue weighted by Crippen LogP contribution is -2.13. The molecule has 1 aromatic rings. The Labute approximate surface area is 118 Å². The summed E-state index contributed by atoms with van der Waals surface area (Å²) in [6.45, 7) is 1.89. The molecule has 0 heterocycles. The number of hydrogen-bond acceptors (Lipinski definition) is 2. The normalized spacial score (nSPS) is 14.7. The predicted octanol–water partition coefficient (Wildman–Crippen LogP) is 3.11. The van der Waals surface area contributed by atoms with Crippen molar-refractivity contribution in [2.24, 2.45) is 5.92 Å². The Morgan fingerprint density at radius 1 is 1.05 bits per heavy atom. The summed E-state index contributed by atoms with van der Waals surface area (Å²) in [4.78, 5) is 23.1. The molecule has 104 valence electrons. The van der Waals surface area contributed by atoms with Crippen molar-refractivity contribution in [3.63, 3.8) is 0 Å². The lowest BCUT2D eigenvalue weighted by Gasteiger charge is -2.06. The van der Waals surface area contributed by atoms with Crippen molar-refractivity contribution in [3.8, 4) is 0 Å². The molecular formula is C16H18N2O2. The summed E-state index contributed by atoms with van der Waals surface area (Å²) in [5, 5.41) is 5.60. The van der Waals surface area contributed by atoms with Gasteiger partial charge in [0.15, 0.2) is 0 Å². The lowest BCUT2D eigenvalue weighted by molar-refractivity contribution is -0.117. The highest BCUT2D eigenvalue weighted by Gasteiger charge is 2.29. The van der Waals surface area contributed by atoms with Gasteiger partial charge in [0.25, 0.3) is 0 Å². The summed E-state index contributed by atoms with van der Waals surface area (Å²) in [5.41, 5.74) is 1.45. The third-order valence-corrected chi connectivity index (χ3v) is 2.92. The summed E-state index contributed by atoms with van der Waals surface area (Å²) in [7, 11) is 0. The fraction of sp³-hybridized carbons (Fsp3) is 0.250. The van der Waals surface area contributed by atoms with Crippen LogP contribution in [-0.2, 0) is 9.59 Å². The Balaban J connectivity index is 1.87. The molecule has 0 spiro atoms. The van der Waals surface area contributed by atoms with Gasteiger partial charge in [0.05, 0.1) is 0 Å². The summed E-state index contributed by atoms with van der Waals surface area (Å²) in [6.07, 6.45) is 8.75. The molecule has 0 radical (unpaired) electrons. The first-order chi connectivity index (χ1) is 9.69. The van der Waals surface area contributed by atoms with Crippen LogP contribution in [-0.4, -0.2) is 11.8 Å². The van der Waals surface area contributed by atoms with Crippen LogP contribution in [0, 0.1) is 5.92 Å². The molecule has 4 heteroatoms. The molecule has 0 saturated heterocycles. The predicted molar refractivity (Wildman–Crippen MR) is 80.4 cm³/mol. The van der Waals surface area contributed by atoms with Gasteiger partial charge in [-0.05, 0) is 44.0 Å². The average molecular weight is 270 g/mol. The smallest absolute Gasteiger partial charge is 0.248 e. The molecule has 2 rings (SSSR count). The first kappa shape index (κ1) is 14.1. The Morgan fingerprint density at radius 3 is 2.20 bits per heavy atom. The highest BCUT2D eigenvalue weighted by atomic mass is 16.2. The number of carbonyl (C=O) groups is 2. The van der Waals surface area contributed by atoms with Gasteiger partial charge in [0, 0.05) is 23.4 Å². The van der Waals surface area contributed by atoms with Crippen LogP contribution in [0.2, 0.25) is 0 Å². The van der Waals surface area contributed by atoms with Crippen molar-refractivity contribution in [1.29, 1.82) is 0 Å². The van der Waals surface area contributed by atoms with E-state index in [0.29, 0.717) is 5.69 Å². The van der Waals surface area contributed by atoms with E-state index in [1.54, 1.807) is 36.4 Å². The van der Waals surface area contributed by atoms with E-state index in [1.165, 1.54) is 6.08 Å². The maximum atomic E-state index is 11.6. The van der Waals surface area contributed by atoms with Crippen LogP contribution in [0.3, 0.4) is 0 Å². The van der Waals surface area contributed by atoms with Crippen molar-refractivity contribution in [3.05, 3.63) is 48.6 Å². The summed E-state index contributed by atoms with van der Waals surface area (Å²) < 4.78 is 0. The fourth-order valence-corrected chi connectivity index (χ4v) is 1.66. The zero-order chi connectivity index (χ0) is 14.4. The molecule has 20 heavy (non-hydrogen) atoms. The number of rotatable bonds is 5. The van der Waals surface area contributed by atoms with Crippen molar-refractivity contribution in [2.45, 2.75) is 19.8 Å². The topological polar surface area (TPSA) is 58.2 Å². The molecular weight excluding hydrogens is 252 g/mol. The van der Waals surface area contributed by atoms with E-state index in [4.69, 9.17) is 0 Å². The summed E-state index contributed by atoms with van der Waals surface area (Å²) in [6, 6.07) is 7.10. The molecule has 1 aliphatic rings. The third-order valence-electron chi connectivity index (χ3n) is 2.92. The van der Waals surface area contributed by atoms with Gasteiger partial charge in [-0.2, -0.15) is 0 Å². The van der Waals surface area contributed by atoms with Crippen molar-refractivity contribution in [2.75, 3.05) is 10.6 Å². The molecule has 0 aliphatic heterocycles. The number of benzene rings is 1. The number of allylic oxidation sites excluding steroid dienone is 3. The van der Waals surface area contributed by atoms with E-state index < -0.39 is 0 Å². The minimum Gasteiger partial charge on any atom is -0.326 e. The minimum atomic E-state index is -0.183. The number of nitrogens with one attached hydrogen (secondary N) is 2. The molecule has 1 saturated carbocycles. The van der Waals surface area contributed by atoms with Gasteiger partial charge < -0.3 is 10.6 Å². The van der Waals surface area contributed by atoms with E-state index >= 15 is 0 Å². The molecule has 0 aromatic heterocycles. The van der Waals surface area contributed by atoms with Gasteiger partial charge in [-0.3, -0.25) is 9.59 Å². The minimum absolute atomic E-state index is 0.0797. The standard InChI is InChI=1S/C16H18N2O2/c1-2-3-4-5-15(19)17-13-8-10-14(11-9-13)18-16(20)12-6-7-12/h2-5,8-12H,6-7H2,1H3,(H,17,19)(H,18,20)/b3-2+,5-4+. The first-order valence-corrected chi connectivity index (χ1v) is 6.70. The molecule has 0 bridgehead atoms. The van der Waals surface area contributed by atoms with E-state index in [-0.39, 0.29) is 17.7 Å². The van der Waals surface area contributed by atoms with Crippen molar-refractivity contribution in [1.82, 2.24) is 0 Å². The maximum absolute atomic E-state index is 11.6. The molecule has 0 atom stereocenters. The largest absolute Gasteiger partial charge is 0.326 e. The Bertz CT molecular complexity index is 540. The summed E-state index contributed by atoms with van der Waals surface area (Å²) in [5.74, 6) is 0.0834. The van der Waals surface area contributed by atoms with Gasteiger partial charge in [-0.25, -0.2) is 0 Å². The zero-order valence-electron chi connectivity index (χ0n) is 11.4. The van der Waals surface area contributed by atoms with Crippen LogP contribution in [0.15, 0.2) is 48.6 Å². The van der Waals surface area contributed by atoms with Gasteiger partial charge in [-0.1, -0.05) is 18.2 Å². The van der Waals surface area contributed by atoms with Crippen LogP contribution in [0.25, 0.3) is 0 Å². The lowest BCUT2D eigenvalue weighted by atomic mass is 10.2. The molecule has 1 aromatic carbocycles. The van der Waals surface area contributed by atoms with Crippen LogP contribution < -0.4 is 10.6 Å². The molecule has 4 nitrogen and oxygen atoms in total. The molecule has 2 amide bonds. The van der Waals surface area contributed by atoms with E-state index in [9.17, 15) is 9.59 Å². The van der Waals surface area contributed by atoms with E-state index in [0.717, 1.165) is 18.5 Å². The number of carbonyl (C=O) groups excluding carboxylic acids is 2. The molecule has 1 fully saturated rings. The fourth-order valence-electron chi connectivity index (χ4n) is 1.66. The zero-order valence-corrected chi connectivity index (χ0v) is 11.4. The molecule has 0 unspecified atom stereocenters. The average Bonchev–Trinajstić information content (AvgIpc) is 3.26. The SMILES string of the molecule is C/C=C/C=C/C(=O)Nc1ccc(NC(=O)C2CC2)cc1. The van der Waals surface area contributed by atoms with Crippen LogP contribution in [0.5, 0.6) is 0 Å². The second kappa shape index (κ2) is 6.70. The third kappa shape index (κ3) is 4.39. The van der Waals surface area contributed by atoms with Crippen molar-refractivity contribution >= 4 is 23.2 Å². The quantitative estimate of drug-likeness (QED) is 0.638. The van der Waals surface area contributed by atoms with Crippen LogP contribution >= 0.6 is 0 Å². The monoisotopic (exact) mass is 270 g/mol. The highest BCUT2D eigenvalue weighted by Crippen LogP contribution is 2.30. The van der Waals surface area contributed by atoms with E-state index in [1.807, 2.05) is 13.0 Å². The Hall–Kier alpha value is -2.36. The van der Waals surface area contributed by atoms with Gasteiger partial charge in [0.1, 0.15) is 0 Å². The molecule has 2 N–H and O–H groups in total. The summed E-state index contributed by atoms with van der Waals surface area (Å²) >= 11 is 0. The maximum Gasteiger partial charge on any atom is 0.248 e. The number of hydrogen-bond donors (Lipinski definition) is 2. The second-order valence-electron chi connectivity index (χ2n) is 4.72. The van der Waals surface area contributed by atoms with Crippen molar-refractivity contribution < 1.29 is 9.59 Å². The van der Waals surface area contributed by atoms with Crippen LogP contribution in [0.4, 0.5) is 11.4 Å². The van der Waals surface area contributed by atoms with Gasteiger partial charge >= 0.3 is 0 Å². The van der Waals surface area contributed by atoms with Gasteiger partial charge in [-0.15, -0.1) is 0 Å². The Morgan fingerprint density at radius 2 is 1.65 bits per heavy atom. The highest BCUT2D eigenvalue weighted by molar-refractivity contribution is 5.99. The molecule has 1 aliphatic carbocycles. The van der Waals surface area contributed by atoms with E-state index in [2.05, 4.69) is 10.6 Å². The number of anilines is 2.